The summed E-state index contributed by atoms with van der Waals surface area (Å²) in [7, 11) is 0. The summed E-state index contributed by atoms with van der Waals surface area (Å²) in [6.07, 6.45) is 5.53. The minimum Gasteiger partial charge on any atom is -0.462 e. The van der Waals surface area contributed by atoms with Crippen molar-refractivity contribution in [1.29, 1.82) is 0 Å². The number of anilines is 1. The number of nitrogens with zero attached hydrogens (tertiary/aromatic N) is 2. The average Bonchev–Trinajstić information content (AvgIpc) is 2.74. The van der Waals surface area contributed by atoms with Gasteiger partial charge in [0.1, 0.15) is 0 Å². The molecule has 3 rings (SSSR count). The van der Waals surface area contributed by atoms with E-state index in [1.54, 1.807) is 36.1 Å². The zero-order valence-corrected chi connectivity index (χ0v) is 16.5. The van der Waals surface area contributed by atoms with Gasteiger partial charge in [0.25, 0.3) is 0 Å². The van der Waals surface area contributed by atoms with E-state index in [9.17, 15) is 14.4 Å². The van der Waals surface area contributed by atoms with Crippen LogP contribution < -0.4 is 5.32 Å². The summed E-state index contributed by atoms with van der Waals surface area (Å²) >= 11 is 0. The zero-order valence-electron chi connectivity index (χ0n) is 16.5. The van der Waals surface area contributed by atoms with Crippen LogP contribution >= 0.6 is 0 Å². The van der Waals surface area contributed by atoms with Gasteiger partial charge < -0.3 is 19.9 Å². The van der Waals surface area contributed by atoms with Crippen molar-refractivity contribution in [3.63, 3.8) is 0 Å². The molecular formula is C21H29N3O4. The van der Waals surface area contributed by atoms with Crippen LogP contribution in [-0.4, -0.2) is 60.5 Å². The molecule has 7 nitrogen and oxygen atoms in total. The molecule has 2 aliphatic rings. The van der Waals surface area contributed by atoms with E-state index in [-0.39, 0.29) is 23.8 Å². The molecule has 1 aromatic carbocycles. The molecule has 1 aliphatic heterocycles. The standard InChI is InChI=1S/C21H29N3O4/c1-2-28-20(26)17-8-10-18(11-9-17)22-21(27)24-14-12-23(13-15-24)19(25)16-6-4-3-5-7-16/h8-11,16H,2-7,12-15H2,1H3,(H,22,27). The quantitative estimate of drug-likeness (QED) is 0.805. The maximum atomic E-state index is 12.6. The van der Waals surface area contributed by atoms with Gasteiger partial charge in [-0.2, -0.15) is 0 Å². The third-order valence-corrected chi connectivity index (χ3v) is 5.48. The van der Waals surface area contributed by atoms with Crippen LogP contribution in [0.4, 0.5) is 10.5 Å². The largest absolute Gasteiger partial charge is 0.462 e. The fraction of sp³-hybridized carbons (Fsp3) is 0.571. The zero-order chi connectivity index (χ0) is 19.9. The van der Waals surface area contributed by atoms with E-state index >= 15 is 0 Å². The Morgan fingerprint density at radius 3 is 2.18 bits per heavy atom. The first-order valence-electron chi connectivity index (χ1n) is 10.2. The van der Waals surface area contributed by atoms with E-state index in [1.165, 1.54) is 6.42 Å². The van der Waals surface area contributed by atoms with Crippen molar-refractivity contribution in [3.8, 4) is 0 Å². The highest BCUT2D eigenvalue weighted by Gasteiger charge is 2.29. The highest BCUT2D eigenvalue weighted by atomic mass is 16.5. The molecule has 0 aromatic heterocycles. The lowest BCUT2D eigenvalue weighted by molar-refractivity contribution is -0.138. The number of benzene rings is 1. The molecule has 0 unspecified atom stereocenters. The lowest BCUT2D eigenvalue weighted by atomic mass is 9.88. The minimum atomic E-state index is -0.376. The number of carbonyl (C=O) groups excluding carboxylic acids is 3. The highest BCUT2D eigenvalue weighted by Crippen LogP contribution is 2.26. The SMILES string of the molecule is CCOC(=O)c1ccc(NC(=O)N2CCN(C(=O)C3CCCCC3)CC2)cc1. The Labute approximate surface area is 166 Å². The van der Waals surface area contributed by atoms with Crippen LogP contribution in [0.2, 0.25) is 0 Å². The number of urea groups is 1. The first-order valence-corrected chi connectivity index (χ1v) is 10.2. The maximum absolute atomic E-state index is 12.6. The lowest BCUT2D eigenvalue weighted by Gasteiger charge is -2.37. The topological polar surface area (TPSA) is 79.0 Å². The van der Waals surface area contributed by atoms with Crippen molar-refractivity contribution < 1.29 is 19.1 Å². The third kappa shape index (κ3) is 5.03. The van der Waals surface area contributed by atoms with Crippen LogP contribution in [0.25, 0.3) is 0 Å². The number of carbonyl (C=O) groups is 3. The van der Waals surface area contributed by atoms with Crippen LogP contribution in [0.1, 0.15) is 49.4 Å². The van der Waals surface area contributed by atoms with Gasteiger partial charge in [-0.05, 0) is 44.0 Å². The maximum Gasteiger partial charge on any atom is 0.338 e. The second kappa shape index (κ2) is 9.57. The lowest BCUT2D eigenvalue weighted by Crippen LogP contribution is -2.53. The minimum absolute atomic E-state index is 0.173. The molecule has 0 spiro atoms. The summed E-state index contributed by atoms with van der Waals surface area (Å²) in [6, 6.07) is 6.46. The summed E-state index contributed by atoms with van der Waals surface area (Å²) in [5, 5.41) is 2.85. The summed E-state index contributed by atoms with van der Waals surface area (Å²) in [5.74, 6) is 0.0560. The van der Waals surface area contributed by atoms with Gasteiger partial charge in [0.15, 0.2) is 0 Å². The van der Waals surface area contributed by atoms with Crippen molar-refractivity contribution in [1.82, 2.24) is 9.80 Å². The molecule has 1 aliphatic carbocycles. The highest BCUT2D eigenvalue weighted by molar-refractivity contribution is 5.92. The third-order valence-electron chi connectivity index (χ3n) is 5.48. The molecule has 1 saturated heterocycles. The molecular weight excluding hydrogens is 358 g/mol. The number of hydrogen-bond acceptors (Lipinski definition) is 4. The van der Waals surface area contributed by atoms with Crippen LogP contribution in [0.3, 0.4) is 0 Å². The van der Waals surface area contributed by atoms with Gasteiger partial charge in [0, 0.05) is 37.8 Å². The van der Waals surface area contributed by atoms with Crippen LogP contribution in [0, 0.1) is 5.92 Å². The predicted octanol–water partition coefficient (Wildman–Crippen LogP) is 3.12. The Kier molecular flexibility index (Phi) is 6.90. The Morgan fingerprint density at radius 1 is 0.964 bits per heavy atom. The molecule has 28 heavy (non-hydrogen) atoms. The number of nitrogens with one attached hydrogen (secondary N) is 1. The van der Waals surface area contributed by atoms with Crippen molar-refractivity contribution in [2.45, 2.75) is 39.0 Å². The van der Waals surface area contributed by atoms with E-state index in [2.05, 4.69) is 5.32 Å². The van der Waals surface area contributed by atoms with Crippen LogP contribution in [-0.2, 0) is 9.53 Å². The van der Waals surface area contributed by atoms with Crippen LogP contribution in [0.5, 0.6) is 0 Å². The summed E-state index contributed by atoms with van der Waals surface area (Å²) in [5.41, 5.74) is 1.08. The molecule has 1 aromatic rings. The normalized spacial score (nSPS) is 17.9. The molecule has 1 saturated carbocycles. The van der Waals surface area contributed by atoms with Gasteiger partial charge >= 0.3 is 12.0 Å². The van der Waals surface area contributed by atoms with E-state index in [0.29, 0.717) is 44.0 Å². The van der Waals surface area contributed by atoms with Crippen molar-refractivity contribution in [2.24, 2.45) is 5.92 Å². The number of ether oxygens (including phenoxy) is 1. The Balaban J connectivity index is 1.47. The van der Waals surface area contributed by atoms with Gasteiger partial charge in [-0.25, -0.2) is 9.59 Å². The van der Waals surface area contributed by atoms with Gasteiger partial charge in [0.2, 0.25) is 5.91 Å². The van der Waals surface area contributed by atoms with Crippen LogP contribution in [0.15, 0.2) is 24.3 Å². The van der Waals surface area contributed by atoms with E-state index in [1.807, 2.05) is 4.90 Å². The number of amides is 3. The number of hydrogen-bond donors (Lipinski definition) is 1. The number of esters is 1. The number of rotatable bonds is 4. The van der Waals surface area contributed by atoms with E-state index in [0.717, 1.165) is 25.7 Å². The second-order valence-corrected chi connectivity index (χ2v) is 7.38. The van der Waals surface area contributed by atoms with Crippen molar-refractivity contribution >= 4 is 23.6 Å². The molecule has 3 amide bonds. The monoisotopic (exact) mass is 387 g/mol. The van der Waals surface area contributed by atoms with Gasteiger partial charge in [-0.3, -0.25) is 4.79 Å². The van der Waals surface area contributed by atoms with Crippen molar-refractivity contribution in [2.75, 3.05) is 38.1 Å². The molecule has 0 atom stereocenters. The molecule has 7 heteroatoms. The molecule has 1 heterocycles. The number of piperazine rings is 1. The summed E-state index contributed by atoms with van der Waals surface area (Å²) in [6.45, 7) is 4.33. The second-order valence-electron chi connectivity index (χ2n) is 7.38. The fourth-order valence-corrected chi connectivity index (χ4v) is 3.84. The van der Waals surface area contributed by atoms with Crippen molar-refractivity contribution in [3.05, 3.63) is 29.8 Å². The molecule has 2 fully saturated rings. The van der Waals surface area contributed by atoms with Gasteiger partial charge in [-0.15, -0.1) is 0 Å². The van der Waals surface area contributed by atoms with E-state index < -0.39 is 0 Å². The first-order chi connectivity index (χ1) is 13.6. The molecule has 1 N–H and O–H groups in total. The smallest absolute Gasteiger partial charge is 0.338 e. The average molecular weight is 387 g/mol. The molecule has 152 valence electrons. The Bertz CT molecular complexity index is 690. The van der Waals surface area contributed by atoms with Gasteiger partial charge in [0.05, 0.1) is 12.2 Å². The predicted molar refractivity (Wildman–Crippen MR) is 106 cm³/mol. The molecule has 0 bridgehead atoms. The summed E-state index contributed by atoms with van der Waals surface area (Å²) in [4.78, 5) is 40.4. The van der Waals surface area contributed by atoms with E-state index in [4.69, 9.17) is 4.74 Å². The summed E-state index contributed by atoms with van der Waals surface area (Å²) < 4.78 is 4.95. The Hall–Kier alpha value is -2.57. The van der Waals surface area contributed by atoms with Gasteiger partial charge in [-0.1, -0.05) is 19.3 Å². The first kappa shape index (κ1) is 20.2. The Morgan fingerprint density at radius 2 is 1.57 bits per heavy atom. The fourth-order valence-electron chi connectivity index (χ4n) is 3.84. The molecule has 0 radical (unpaired) electrons.